The molecule has 1 unspecified atom stereocenters. The summed E-state index contributed by atoms with van der Waals surface area (Å²) in [6.07, 6.45) is 13.0. The summed E-state index contributed by atoms with van der Waals surface area (Å²) in [7, 11) is 0. The van der Waals surface area contributed by atoms with Crippen LogP contribution in [0.4, 0.5) is 5.95 Å². The summed E-state index contributed by atoms with van der Waals surface area (Å²) in [6, 6.07) is 2.15. The van der Waals surface area contributed by atoms with Crippen LogP contribution in [-0.2, 0) is 0 Å². The Morgan fingerprint density at radius 2 is 1.96 bits per heavy atom. The quantitative estimate of drug-likeness (QED) is 0.832. The van der Waals surface area contributed by atoms with Gasteiger partial charge in [0.1, 0.15) is 0 Å². The van der Waals surface area contributed by atoms with Crippen molar-refractivity contribution in [1.29, 1.82) is 0 Å². The molecule has 1 amide bonds. The third kappa shape index (κ3) is 3.62. The Morgan fingerprint density at radius 3 is 2.79 bits per heavy atom. The molecule has 0 aromatic carbocycles. The molecule has 1 atom stereocenters. The summed E-state index contributed by atoms with van der Waals surface area (Å²) < 4.78 is 0. The van der Waals surface area contributed by atoms with E-state index < -0.39 is 0 Å². The van der Waals surface area contributed by atoms with Gasteiger partial charge in [-0.1, -0.05) is 19.3 Å². The lowest BCUT2D eigenvalue weighted by molar-refractivity contribution is 0.0938. The largest absolute Gasteiger partial charge is 0.347 e. The van der Waals surface area contributed by atoms with Gasteiger partial charge in [-0.3, -0.25) is 9.89 Å². The number of aromatic amines is 1. The van der Waals surface area contributed by atoms with Gasteiger partial charge in [0.25, 0.3) is 5.91 Å². The van der Waals surface area contributed by atoms with Gasteiger partial charge in [0, 0.05) is 42.9 Å². The average Bonchev–Trinajstić information content (AvgIpc) is 3.28. The minimum Gasteiger partial charge on any atom is -0.347 e. The van der Waals surface area contributed by atoms with Gasteiger partial charge in [-0.05, 0) is 38.2 Å². The van der Waals surface area contributed by atoms with Crippen LogP contribution in [-0.4, -0.2) is 45.2 Å². The fourth-order valence-electron chi connectivity index (χ4n) is 4.62. The number of aromatic nitrogens is 4. The lowest BCUT2D eigenvalue weighted by Gasteiger charge is -2.22. The van der Waals surface area contributed by atoms with E-state index in [9.17, 15) is 4.79 Å². The molecule has 5 rings (SSSR count). The number of rotatable bonds is 5. The highest BCUT2D eigenvalue weighted by atomic mass is 16.1. The molecule has 3 heterocycles. The van der Waals surface area contributed by atoms with Crippen LogP contribution in [0.3, 0.4) is 0 Å². The van der Waals surface area contributed by atoms with Crippen LogP contribution in [0.15, 0.2) is 18.5 Å². The van der Waals surface area contributed by atoms with Gasteiger partial charge in [-0.15, -0.1) is 0 Å². The van der Waals surface area contributed by atoms with Crippen LogP contribution >= 0.6 is 0 Å². The van der Waals surface area contributed by atoms with Crippen LogP contribution < -0.4 is 10.2 Å². The molecule has 2 aromatic heterocycles. The van der Waals surface area contributed by atoms with E-state index >= 15 is 0 Å². The number of carbonyl (C=O) groups is 1. The predicted molar refractivity (Wildman–Crippen MR) is 107 cm³/mol. The summed E-state index contributed by atoms with van der Waals surface area (Å²) >= 11 is 0. The number of nitrogens with zero attached hydrogens (tertiary/aromatic N) is 4. The Morgan fingerprint density at radius 1 is 1.11 bits per heavy atom. The Kier molecular flexibility index (Phi) is 4.74. The molecule has 7 nitrogen and oxygen atoms in total. The molecule has 0 bridgehead atoms. The Labute approximate surface area is 165 Å². The maximum Gasteiger partial charge on any atom is 0.255 e. The third-order valence-corrected chi connectivity index (χ3v) is 6.39. The molecule has 3 fully saturated rings. The summed E-state index contributed by atoms with van der Waals surface area (Å²) in [4.78, 5) is 24.3. The lowest BCUT2D eigenvalue weighted by Crippen LogP contribution is -2.37. The first-order valence-electron chi connectivity index (χ1n) is 10.7. The molecule has 148 valence electrons. The van der Waals surface area contributed by atoms with Crippen LogP contribution in [0.1, 0.15) is 84.9 Å². The van der Waals surface area contributed by atoms with E-state index in [1.54, 1.807) is 6.20 Å². The first-order chi connectivity index (χ1) is 13.8. The molecule has 1 saturated heterocycles. The molecule has 7 heteroatoms. The zero-order chi connectivity index (χ0) is 18.9. The number of nitrogens with one attached hydrogen (secondary N) is 2. The van der Waals surface area contributed by atoms with Gasteiger partial charge in [0.2, 0.25) is 5.95 Å². The molecular weight excluding hydrogens is 352 g/mol. The minimum atomic E-state index is -0.00572. The first-order valence-corrected chi connectivity index (χ1v) is 10.7. The second-order valence-corrected chi connectivity index (χ2v) is 8.49. The van der Waals surface area contributed by atoms with Crippen molar-refractivity contribution in [3.8, 4) is 0 Å². The summed E-state index contributed by atoms with van der Waals surface area (Å²) in [6.45, 7) is 1.64. The Hall–Kier alpha value is -2.44. The van der Waals surface area contributed by atoms with Crippen molar-refractivity contribution in [2.24, 2.45) is 0 Å². The molecule has 28 heavy (non-hydrogen) atoms. The third-order valence-electron chi connectivity index (χ3n) is 6.39. The van der Waals surface area contributed by atoms with Crippen molar-refractivity contribution in [1.82, 2.24) is 25.5 Å². The highest BCUT2D eigenvalue weighted by Gasteiger charge is 2.30. The van der Waals surface area contributed by atoms with E-state index in [2.05, 4.69) is 25.4 Å². The number of hydrogen-bond acceptors (Lipinski definition) is 5. The van der Waals surface area contributed by atoms with E-state index in [-0.39, 0.29) is 11.9 Å². The van der Waals surface area contributed by atoms with Crippen LogP contribution in [0, 0.1) is 0 Å². The van der Waals surface area contributed by atoms with Crippen molar-refractivity contribution in [3.63, 3.8) is 0 Å². The Balaban J connectivity index is 1.22. The van der Waals surface area contributed by atoms with E-state index in [0.717, 1.165) is 55.3 Å². The maximum absolute atomic E-state index is 12.9. The summed E-state index contributed by atoms with van der Waals surface area (Å²) in [5.74, 6) is 1.86. The molecule has 1 aliphatic heterocycles. The van der Waals surface area contributed by atoms with Gasteiger partial charge in [0.05, 0.1) is 17.5 Å². The molecule has 2 N–H and O–H groups in total. The SMILES string of the molecule is O=C(NC1CCN(c2nccc(C3CC3)n2)C1)c1cn[nH]c1C1CCCCC1. The fourth-order valence-corrected chi connectivity index (χ4v) is 4.62. The lowest BCUT2D eigenvalue weighted by atomic mass is 9.85. The molecule has 0 spiro atoms. The van der Waals surface area contributed by atoms with E-state index in [1.807, 2.05) is 12.3 Å². The average molecular weight is 380 g/mol. The number of anilines is 1. The van der Waals surface area contributed by atoms with Gasteiger partial charge >= 0.3 is 0 Å². The molecule has 2 aliphatic carbocycles. The van der Waals surface area contributed by atoms with Crippen molar-refractivity contribution in [3.05, 3.63) is 35.4 Å². The summed E-state index contributed by atoms with van der Waals surface area (Å²) in [5.41, 5.74) is 2.90. The number of hydrogen-bond donors (Lipinski definition) is 2. The second kappa shape index (κ2) is 7.53. The van der Waals surface area contributed by atoms with E-state index in [1.165, 1.54) is 32.1 Å². The van der Waals surface area contributed by atoms with Gasteiger partial charge in [-0.25, -0.2) is 9.97 Å². The maximum atomic E-state index is 12.9. The van der Waals surface area contributed by atoms with Crippen LogP contribution in [0.25, 0.3) is 0 Å². The molecule has 3 aliphatic rings. The van der Waals surface area contributed by atoms with Crippen LogP contribution in [0.5, 0.6) is 0 Å². The van der Waals surface area contributed by atoms with Crippen molar-refractivity contribution < 1.29 is 4.79 Å². The van der Waals surface area contributed by atoms with E-state index in [4.69, 9.17) is 4.98 Å². The molecule has 2 saturated carbocycles. The van der Waals surface area contributed by atoms with Crippen LogP contribution in [0.2, 0.25) is 0 Å². The smallest absolute Gasteiger partial charge is 0.255 e. The Bertz CT molecular complexity index is 839. The standard InChI is InChI=1S/C21H28N6O/c28-20(17-12-23-26-19(17)15-4-2-1-3-5-15)24-16-9-11-27(13-16)21-22-10-8-18(25-21)14-6-7-14/h8,10,12,14-16H,1-7,9,11,13H2,(H,23,26)(H,24,28). The van der Waals surface area contributed by atoms with Gasteiger partial charge in [0.15, 0.2) is 0 Å². The zero-order valence-corrected chi connectivity index (χ0v) is 16.2. The first kappa shape index (κ1) is 17.6. The number of amides is 1. The second-order valence-electron chi connectivity index (χ2n) is 8.49. The normalized spacial score (nSPS) is 23.1. The van der Waals surface area contributed by atoms with E-state index in [0.29, 0.717) is 11.8 Å². The fraction of sp³-hybridized carbons (Fsp3) is 0.619. The topological polar surface area (TPSA) is 86.8 Å². The predicted octanol–water partition coefficient (Wildman–Crippen LogP) is 3.13. The van der Waals surface area contributed by atoms with Gasteiger partial charge < -0.3 is 10.2 Å². The van der Waals surface area contributed by atoms with Crippen molar-refractivity contribution >= 4 is 11.9 Å². The molecular formula is C21H28N6O. The highest BCUT2D eigenvalue weighted by Crippen LogP contribution is 2.39. The van der Waals surface area contributed by atoms with Crippen molar-refractivity contribution in [2.45, 2.75) is 69.2 Å². The zero-order valence-electron chi connectivity index (χ0n) is 16.2. The molecule has 0 radical (unpaired) electrons. The summed E-state index contributed by atoms with van der Waals surface area (Å²) in [5, 5.41) is 10.5. The van der Waals surface area contributed by atoms with Crippen molar-refractivity contribution in [2.75, 3.05) is 18.0 Å². The number of carbonyl (C=O) groups excluding carboxylic acids is 1. The highest BCUT2D eigenvalue weighted by molar-refractivity contribution is 5.95. The molecule has 2 aromatic rings. The minimum absolute atomic E-state index is 0.00572. The number of H-pyrrole nitrogens is 1. The monoisotopic (exact) mass is 380 g/mol. The van der Waals surface area contributed by atoms with Gasteiger partial charge in [-0.2, -0.15) is 5.10 Å².